The van der Waals surface area contributed by atoms with Crippen LogP contribution in [0.2, 0.25) is 0 Å². The predicted molar refractivity (Wildman–Crippen MR) is 58.4 cm³/mol. The van der Waals surface area contributed by atoms with Crippen LogP contribution in [0, 0.1) is 0 Å². The fourth-order valence-corrected chi connectivity index (χ4v) is 1.78. The Morgan fingerprint density at radius 1 is 1.12 bits per heavy atom. The van der Waals surface area contributed by atoms with Crippen molar-refractivity contribution >= 4 is 17.2 Å². The molecule has 1 heterocycles. The molecule has 0 saturated carbocycles. The Hall–Kier alpha value is -1.85. The topological polar surface area (TPSA) is 64.0 Å². The first kappa shape index (κ1) is 10.7. The number of allylic oxidation sites excluding steroid dienone is 2. The first-order valence-electron chi connectivity index (χ1n) is 4.83. The van der Waals surface area contributed by atoms with Gasteiger partial charge in [0.05, 0.1) is 17.1 Å². The van der Waals surface area contributed by atoms with E-state index in [1.54, 1.807) is 31.2 Å². The average molecular weight is 220 g/mol. The molecule has 0 aliphatic carbocycles. The van der Waals surface area contributed by atoms with E-state index in [1.807, 2.05) is 0 Å². The van der Waals surface area contributed by atoms with Gasteiger partial charge in [-0.1, -0.05) is 12.1 Å². The van der Waals surface area contributed by atoms with Gasteiger partial charge in [-0.15, -0.1) is 0 Å². The van der Waals surface area contributed by atoms with Gasteiger partial charge in [-0.2, -0.15) is 0 Å². The highest BCUT2D eigenvalue weighted by molar-refractivity contribution is 6.00. The van der Waals surface area contributed by atoms with Crippen LogP contribution in [0.1, 0.15) is 13.8 Å². The SMILES string of the molecule is CC(=O)C1=C(C)N(O)c2ccccc2N1O. The van der Waals surface area contributed by atoms with Gasteiger partial charge in [0.1, 0.15) is 5.70 Å². The van der Waals surface area contributed by atoms with Crippen molar-refractivity contribution in [3.05, 3.63) is 35.7 Å². The van der Waals surface area contributed by atoms with E-state index in [9.17, 15) is 15.2 Å². The summed E-state index contributed by atoms with van der Waals surface area (Å²) in [6, 6.07) is 6.73. The number of benzene rings is 1. The quantitative estimate of drug-likeness (QED) is 0.756. The fourth-order valence-electron chi connectivity index (χ4n) is 1.78. The van der Waals surface area contributed by atoms with Crippen molar-refractivity contribution in [2.45, 2.75) is 13.8 Å². The summed E-state index contributed by atoms with van der Waals surface area (Å²) in [5.74, 6) is -0.312. The van der Waals surface area contributed by atoms with E-state index in [0.717, 1.165) is 10.1 Å². The third kappa shape index (κ3) is 1.37. The smallest absolute Gasteiger partial charge is 0.180 e. The molecule has 5 nitrogen and oxygen atoms in total. The zero-order valence-corrected chi connectivity index (χ0v) is 9.01. The van der Waals surface area contributed by atoms with E-state index < -0.39 is 0 Å². The molecule has 1 aromatic rings. The highest BCUT2D eigenvalue weighted by Crippen LogP contribution is 2.37. The van der Waals surface area contributed by atoms with Crippen molar-refractivity contribution < 1.29 is 15.2 Å². The number of rotatable bonds is 1. The molecule has 1 aliphatic rings. The number of nitrogens with zero attached hydrogens (tertiary/aromatic N) is 2. The molecule has 0 radical (unpaired) electrons. The summed E-state index contributed by atoms with van der Waals surface area (Å²) in [7, 11) is 0. The molecule has 0 amide bonds. The molecule has 5 heteroatoms. The van der Waals surface area contributed by atoms with E-state index in [4.69, 9.17) is 0 Å². The normalized spacial score (nSPS) is 15.2. The Labute approximate surface area is 92.7 Å². The second kappa shape index (κ2) is 3.62. The highest BCUT2D eigenvalue weighted by Gasteiger charge is 2.29. The zero-order chi connectivity index (χ0) is 11.9. The van der Waals surface area contributed by atoms with Crippen LogP contribution in [0.3, 0.4) is 0 Å². The van der Waals surface area contributed by atoms with Crippen LogP contribution in [-0.2, 0) is 4.79 Å². The second-order valence-electron chi connectivity index (χ2n) is 3.60. The Morgan fingerprint density at radius 3 is 2.12 bits per heavy atom. The van der Waals surface area contributed by atoms with Crippen molar-refractivity contribution in [3.8, 4) is 0 Å². The lowest BCUT2D eigenvalue weighted by Gasteiger charge is -2.33. The summed E-state index contributed by atoms with van der Waals surface area (Å²) >= 11 is 0. The molecule has 2 N–H and O–H groups in total. The molecule has 0 fully saturated rings. The molecule has 84 valence electrons. The van der Waals surface area contributed by atoms with E-state index >= 15 is 0 Å². The number of ketones is 1. The number of carbonyl (C=O) groups is 1. The third-order valence-electron chi connectivity index (χ3n) is 2.54. The minimum atomic E-state index is -0.312. The molecule has 0 saturated heterocycles. The van der Waals surface area contributed by atoms with E-state index in [-0.39, 0.29) is 11.5 Å². The van der Waals surface area contributed by atoms with Crippen molar-refractivity contribution in [1.29, 1.82) is 0 Å². The van der Waals surface area contributed by atoms with Gasteiger partial charge in [0.2, 0.25) is 0 Å². The lowest BCUT2D eigenvalue weighted by atomic mass is 10.1. The van der Waals surface area contributed by atoms with Crippen molar-refractivity contribution in [2.75, 3.05) is 10.1 Å². The van der Waals surface area contributed by atoms with Crippen LogP contribution in [0.5, 0.6) is 0 Å². The maximum Gasteiger partial charge on any atom is 0.180 e. The molecule has 0 spiro atoms. The number of hydrogen-bond acceptors (Lipinski definition) is 5. The molecule has 0 bridgehead atoms. The molecular weight excluding hydrogens is 208 g/mol. The second-order valence-corrected chi connectivity index (χ2v) is 3.60. The highest BCUT2D eigenvalue weighted by atomic mass is 16.5. The summed E-state index contributed by atoms with van der Waals surface area (Å²) in [6.07, 6.45) is 0. The van der Waals surface area contributed by atoms with Gasteiger partial charge in [-0.3, -0.25) is 15.2 Å². The lowest BCUT2D eigenvalue weighted by Crippen LogP contribution is -2.34. The molecule has 0 atom stereocenters. The number of hydrogen-bond donors (Lipinski definition) is 2. The lowest BCUT2D eigenvalue weighted by molar-refractivity contribution is -0.114. The summed E-state index contributed by atoms with van der Waals surface area (Å²) in [6.45, 7) is 2.90. The Morgan fingerprint density at radius 2 is 1.62 bits per heavy atom. The van der Waals surface area contributed by atoms with Crippen LogP contribution in [0.4, 0.5) is 11.4 Å². The molecular formula is C11H12N2O3. The third-order valence-corrected chi connectivity index (χ3v) is 2.54. The van der Waals surface area contributed by atoms with E-state index in [1.165, 1.54) is 6.92 Å². The van der Waals surface area contributed by atoms with Gasteiger partial charge < -0.3 is 0 Å². The molecule has 1 aromatic carbocycles. The van der Waals surface area contributed by atoms with Gasteiger partial charge in [-0.25, -0.2) is 10.1 Å². The molecule has 16 heavy (non-hydrogen) atoms. The van der Waals surface area contributed by atoms with E-state index in [0.29, 0.717) is 17.1 Å². The number of Topliss-reactive ketones (excluding diaryl/α,β-unsaturated/α-hetero) is 1. The van der Waals surface area contributed by atoms with Gasteiger partial charge in [0.15, 0.2) is 5.78 Å². The van der Waals surface area contributed by atoms with Gasteiger partial charge in [0, 0.05) is 6.92 Å². The van der Waals surface area contributed by atoms with Gasteiger partial charge >= 0.3 is 0 Å². The van der Waals surface area contributed by atoms with E-state index in [2.05, 4.69) is 0 Å². The largest absolute Gasteiger partial charge is 0.293 e. The summed E-state index contributed by atoms with van der Waals surface area (Å²) in [4.78, 5) is 11.4. The minimum absolute atomic E-state index is 0.0706. The van der Waals surface area contributed by atoms with Crippen LogP contribution in [0.15, 0.2) is 35.7 Å². The van der Waals surface area contributed by atoms with Gasteiger partial charge in [0.25, 0.3) is 0 Å². The van der Waals surface area contributed by atoms with Crippen LogP contribution >= 0.6 is 0 Å². The first-order valence-corrected chi connectivity index (χ1v) is 4.83. The summed E-state index contributed by atoms with van der Waals surface area (Å²) in [5.41, 5.74) is 1.18. The maximum atomic E-state index is 11.4. The Kier molecular flexibility index (Phi) is 2.41. The van der Waals surface area contributed by atoms with Crippen molar-refractivity contribution in [3.63, 3.8) is 0 Å². The maximum absolute atomic E-state index is 11.4. The first-order chi connectivity index (χ1) is 7.54. The van der Waals surface area contributed by atoms with Crippen molar-refractivity contribution in [1.82, 2.24) is 0 Å². The molecule has 2 rings (SSSR count). The summed E-state index contributed by atoms with van der Waals surface area (Å²) < 4.78 is 0. The van der Waals surface area contributed by atoms with Gasteiger partial charge in [-0.05, 0) is 19.1 Å². The summed E-state index contributed by atoms with van der Waals surface area (Å²) in [5, 5.41) is 21.5. The standard InChI is InChI=1S/C11H12N2O3/c1-7-11(8(2)14)13(16)10-6-4-3-5-9(10)12(7)15/h3-6,15-16H,1-2H3. The number of fused-ring (bicyclic) bond motifs is 1. The predicted octanol–water partition coefficient (Wildman–Crippen LogP) is 1.91. The fraction of sp³-hybridized carbons (Fsp3) is 0.182. The molecule has 0 unspecified atom stereocenters. The van der Waals surface area contributed by atoms with Crippen LogP contribution < -0.4 is 10.1 Å². The van der Waals surface area contributed by atoms with Crippen LogP contribution in [0.25, 0.3) is 0 Å². The Bertz CT molecular complexity index is 482. The monoisotopic (exact) mass is 220 g/mol. The number of carbonyl (C=O) groups excluding carboxylic acids is 1. The average Bonchev–Trinajstić information content (AvgIpc) is 2.26. The number of para-hydroxylation sites is 2. The zero-order valence-electron chi connectivity index (χ0n) is 9.01. The minimum Gasteiger partial charge on any atom is -0.293 e. The molecule has 1 aliphatic heterocycles. The van der Waals surface area contributed by atoms with Crippen molar-refractivity contribution in [2.24, 2.45) is 0 Å². The number of anilines is 2. The molecule has 0 aromatic heterocycles. The number of hydroxylamine groups is 2. The Balaban J connectivity index is 2.63. The van der Waals surface area contributed by atoms with Crippen LogP contribution in [-0.4, -0.2) is 16.2 Å².